The fourth-order valence-corrected chi connectivity index (χ4v) is 2.37. The molecule has 0 aliphatic carbocycles. The normalized spacial score (nSPS) is 10.4. The maximum Gasteiger partial charge on any atom is 0.349 e. The average molecular weight is 389 g/mol. The Morgan fingerprint density at radius 2 is 1.21 bits per heavy atom. The maximum atomic E-state index is 14.7. The van der Waals surface area contributed by atoms with E-state index in [9.17, 15) is 27.2 Å². The molecule has 1 amide bonds. The van der Waals surface area contributed by atoms with Gasteiger partial charge in [0.2, 0.25) is 0 Å². The highest BCUT2D eigenvalue weighted by molar-refractivity contribution is 6.06. The molecule has 0 atom stereocenters. The van der Waals surface area contributed by atoms with Gasteiger partial charge in [-0.1, -0.05) is 36.4 Å². The zero-order valence-electron chi connectivity index (χ0n) is 14.0. The third-order valence-electron chi connectivity index (χ3n) is 3.68. The first-order valence-corrected chi connectivity index (χ1v) is 7.89. The number of ether oxygens (including phenoxy) is 1. The molecule has 0 aromatic heterocycles. The number of esters is 1. The molecule has 3 aromatic carbocycles. The lowest BCUT2D eigenvalue weighted by molar-refractivity contribution is 0.0722. The quantitative estimate of drug-likeness (QED) is 0.231. The SMILES string of the molecule is O=C(Nc1ccccc1)c1c(F)c(F)c(F)c(C(=O)Oc2ccccc2)c1F. The molecule has 3 aromatic rings. The van der Waals surface area contributed by atoms with Crippen LogP contribution < -0.4 is 10.1 Å². The number of carbonyl (C=O) groups excluding carboxylic acids is 2. The first-order valence-electron chi connectivity index (χ1n) is 7.89. The highest BCUT2D eigenvalue weighted by Gasteiger charge is 2.33. The van der Waals surface area contributed by atoms with E-state index in [2.05, 4.69) is 5.32 Å². The number of halogens is 4. The van der Waals surface area contributed by atoms with Crippen LogP contribution in [0.15, 0.2) is 60.7 Å². The Bertz CT molecular complexity index is 960. The fourth-order valence-electron chi connectivity index (χ4n) is 2.37. The highest BCUT2D eigenvalue weighted by atomic mass is 19.2. The number of hydrogen-bond donors (Lipinski definition) is 1. The van der Waals surface area contributed by atoms with Gasteiger partial charge in [-0.2, -0.15) is 0 Å². The van der Waals surface area contributed by atoms with Crippen molar-refractivity contribution >= 4 is 17.6 Å². The molecule has 0 saturated heterocycles. The second-order valence-electron chi connectivity index (χ2n) is 5.53. The molecule has 0 aliphatic heterocycles. The number of anilines is 1. The molecule has 0 saturated carbocycles. The summed E-state index contributed by atoms with van der Waals surface area (Å²) in [5.74, 6) is -11.3. The van der Waals surface area contributed by atoms with Crippen LogP contribution in [-0.2, 0) is 0 Å². The number of carbonyl (C=O) groups is 2. The Morgan fingerprint density at radius 1 is 0.679 bits per heavy atom. The van der Waals surface area contributed by atoms with E-state index in [1.165, 1.54) is 48.5 Å². The smallest absolute Gasteiger partial charge is 0.349 e. The Balaban J connectivity index is 2.02. The van der Waals surface area contributed by atoms with Crippen LogP contribution in [0.1, 0.15) is 20.7 Å². The van der Waals surface area contributed by atoms with Crippen molar-refractivity contribution in [2.24, 2.45) is 0 Å². The van der Waals surface area contributed by atoms with E-state index >= 15 is 0 Å². The van der Waals surface area contributed by atoms with E-state index in [0.29, 0.717) is 0 Å². The number of benzene rings is 3. The first-order chi connectivity index (χ1) is 13.4. The van der Waals surface area contributed by atoms with Crippen molar-refractivity contribution in [2.45, 2.75) is 0 Å². The van der Waals surface area contributed by atoms with E-state index in [1.54, 1.807) is 12.1 Å². The topological polar surface area (TPSA) is 55.4 Å². The number of amides is 1. The fraction of sp³-hybridized carbons (Fsp3) is 0. The summed E-state index contributed by atoms with van der Waals surface area (Å²) in [6, 6.07) is 14.7. The lowest BCUT2D eigenvalue weighted by Gasteiger charge is -2.12. The average Bonchev–Trinajstić information content (AvgIpc) is 2.68. The molecule has 0 bridgehead atoms. The molecule has 4 nitrogen and oxygen atoms in total. The van der Waals surface area contributed by atoms with Gasteiger partial charge in [-0.3, -0.25) is 4.79 Å². The zero-order valence-corrected chi connectivity index (χ0v) is 14.0. The molecule has 0 unspecified atom stereocenters. The van der Waals surface area contributed by atoms with E-state index < -0.39 is 46.3 Å². The molecule has 0 spiro atoms. The van der Waals surface area contributed by atoms with Gasteiger partial charge >= 0.3 is 5.97 Å². The molecule has 28 heavy (non-hydrogen) atoms. The predicted molar refractivity (Wildman–Crippen MR) is 92.1 cm³/mol. The summed E-state index contributed by atoms with van der Waals surface area (Å²) in [4.78, 5) is 24.3. The molecule has 0 aliphatic rings. The summed E-state index contributed by atoms with van der Waals surface area (Å²) in [6.45, 7) is 0. The van der Waals surface area contributed by atoms with Crippen molar-refractivity contribution in [3.63, 3.8) is 0 Å². The van der Waals surface area contributed by atoms with Crippen LogP contribution in [0.4, 0.5) is 23.2 Å². The Hall–Kier alpha value is -3.68. The van der Waals surface area contributed by atoms with Crippen LogP contribution >= 0.6 is 0 Å². The van der Waals surface area contributed by atoms with Crippen LogP contribution in [0.2, 0.25) is 0 Å². The summed E-state index contributed by atoms with van der Waals surface area (Å²) >= 11 is 0. The zero-order chi connectivity index (χ0) is 20.3. The number of hydrogen-bond acceptors (Lipinski definition) is 3. The van der Waals surface area contributed by atoms with Crippen molar-refractivity contribution in [1.82, 2.24) is 0 Å². The Kier molecular flexibility index (Phi) is 5.39. The van der Waals surface area contributed by atoms with Crippen LogP contribution in [0, 0.1) is 23.3 Å². The van der Waals surface area contributed by atoms with Gasteiger partial charge in [-0.05, 0) is 24.3 Å². The van der Waals surface area contributed by atoms with Crippen LogP contribution in [0.25, 0.3) is 0 Å². The van der Waals surface area contributed by atoms with E-state index in [-0.39, 0.29) is 11.4 Å². The molecule has 1 N–H and O–H groups in total. The standard InChI is InChI=1S/C20H11F4NO3/c21-15-13(19(26)25-11-7-3-1-4-8-11)16(22)18(24)17(23)14(15)20(27)28-12-9-5-2-6-10-12/h1-10H,(H,25,26). The van der Waals surface area contributed by atoms with Gasteiger partial charge in [0.15, 0.2) is 23.3 Å². The second-order valence-corrected chi connectivity index (χ2v) is 5.53. The first kappa shape index (κ1) is 19.1. The molecule has 3 rings (SSSR count). The van der Waals surface area contributed by atoms with Gasteiger partial charge in [0.1, 0.15) is 16.9 Å². The molecule has 0 heterocycles. The van der Waals surface area contributed by atoms with Gasteiger partial charge < -0.3 is 10.1 Å². The Morgan fingerprint density at radius 3 is 1.82 bits per heavy atom. The van der Waals surface area contributed by atoms with Crippen molar-refractivity contribution in [3.05, 3.63) is 95.1 Å². The molecule has 0 radical (unpaired) electrons. The minimum absolute atomic E-state index is 0.0775. The third kappa shape index (κ3) is 3.71. The van der Waals surface area contributed by atoms with Crippen molar-refractivity contribution < 1.29 is 31.9 Å². The summed E-state index contributed by atoms with van der Waals surface area (Å²) in [6.07, 6.45) is 0. The van der Waals surface area contributed by atoms with E-state index in [1.807, 2.05) is 0 Å². The second kappa shape index (κ2) is 7.91. The lowest BCUT2D eigenvalue weighted by Crippen LogP contribution is -2.23. The number of rotatable bonds is 4. The summed E-state index contributed by atoms with van der Waals surface area (Å²) < 4.78 is 61.5. The Labute approximate surface area is 156 Å². The largest absolute Gasteiger partial charge is 0.423 e. The summed E-state index contributed by atoms with van der Waals surface area (Å²) in [7, 11) is 0. The van der Waals surface area contributed by atoms with Gasteiger partial charge in [0.05, 0.1) is 0 Å². The predicted octanol–water partition coefficient (Wildman–Crippen LogP) is 4.71. The molecule has 142 valence electrons. The van der Waals surface area contributed by atoms with Crippen LogP contribution in [0.5, 0.6) is 5.75 Å². The van der Waals surface area contributed by atoms with Crippen molar-refractivity contribution in [3.8, 4) is 5.75 Å². The summed E-state index contributed by atoms with van der Waals surface area (Å²) in [5, 5.41) is 2.14. The van der Waals surface area contributed by atoms with Crippen molar-refractivity contribution in [1.29, 1.82) is 0 Å². The van der Waals surface area contributed by atoms with Crippen LogP contribution in [0.3, 0.4) is 0 Å². The van der Waals surface area contributed by atoms with Gasteiger partial charge in [0, 0.05) is 5.69 Å². The van der Waals surface area contributed by atoms with E-state index in [4.69, 9.17) is 4.74 Å². The molecular formula is C20H11F4NO3. The monoisotopic (exact) mass is 389 g/mol. The van der Waals surface area contributed by atoms with E-state index in [0.717, 1.165) is 0 Å². The third-order valence-corrected chi connectivity index (χ3v) is 3.68. The molecule has 0 fully saturated rings. The number of nitrogens with one attached hydrogen (secondary N) is 1. The minimum atomic E-state index is -2.17. The van der Waals surface area contributed by atoms with Gasteiger partial charge in [-0.25, -0.2) is 22.4 Å². The molecule has 8 heteroatoms. The lowest BCUT2D eigenvalue weighted by atomic mass is 10.1. The maximum absolute atomic E-state index is 14.7. The molecular weight excluding hydrogens is 378 g/mol. The highest BCUT2D eigenvalue weighted by Crippen LogP contribution is 2.26. The van der Waals surface area contributed by atoms with Gasteiger partial charge in [0.25, 0.3) is 5.91 Å². The summed E-state index contributed by atoms with van der Waals surface area (Å²) in [5.41, 5.74) is -2.80. The van der Waals surface area contributed by atoms with Crippen molar-refractivity contribution in [2.75, 3.05) is 5.32 Å². The van der Waals surface area contributed by atoms with Gasteiger partial charge in [-0.15, -0.1) is 0 Å². The minimum Gasteiger partial charge on any atom is -0.423 e. The van der Waals surface area contributed by atoms with Crippen LogP contribution in [-0.4, -0.2) is 11.9 Å². The number of para-hydroxylation sites is 2.